The van der Waals surface area contributed by atoms with Crippen molar-refractivity contribution >= 4 is 52.8 Å². The molecule has 1 saturated heterocycles. The van der Waals surface area contributed by atoms with E-state index in [9.17, 15) is 9.90 Å². The van der Waals surface area contributed by atoms with E-state index < -0.39 is 11.4 Å². The molecule has 1 N–H and O–H groups in total. The van der Waals surface area contributed by atoms with E-state index in [0.717, 1.165) is 59.6 Å². The van der Waals surface area contributed by atoms with Crippen LogP contribution in [-0.4, -0.2) is 59.4 Å². The molecule has 2 aliphatic rings. The van der Waals surface area contributed by atoms with Gasteiger partial charge in [-0.1, -0.05) is 29.0 Å². The number of carboxylic acids is 1. The summed E-state index contributed by atoms with van der Waals surface area (Å²) < 4.78 is 6.82. The van der Waals surface area contributed by atoms with E-state index in [0.29, 0.717) is 10.9 Å². The number of carbonyl (C=O) groups is 1. The average molecular weight is 470 g/mol. The number of benzene rings is 1. The quantitative estimate of drug-likeness (QED) is 0.681. The van der Waals surface area contributed by atoms with E-state index in [1.54, 1.807) is 13.8 Å². The molecule has 1 fully saturated rings. The monoisotopic (exact) mass is 469 g/mol. The molecule has 0 saturated carbocycles. The Morgan fingerprint density at radius 3 is 2.63 bits per heavy atom. The number of aliphatic imine (C=N–C) groups is 1. The van der Waals surface area contributed by atoms with Crippen LogP contribution in [0.2, 0.25) is 4.34 Å². The van der Waals surface area contributed by atoms with Gasteiger partial charge in [-0.3, -0.25) is 9.69 Å². The SMILES string of the molecule is Cc1ccc2c(c1)Oc1sc(Cl)cc1C(N1CCN(CC(C)(C)C(=O)O)CC1)=N2.Cl. The highest BCUT2D eigenvalue weighted by Crippen LogP contribution is 2.44. The molecule has 162 valence electrons. The third kappa shape index (κ3) is 4.59. The predicted molar refractivity (Wildman–Crippen MR) is 123 cm³/mol. The fourth-order valence-corrected chi connectivity index (χ4v) is 4.70. The molecule has 0 unspecified atom stereocenters. The number of aliphatic carboxylic acids is 1. The number of amidine groups is 1. The van der Waals surface area contributed by atoms with Crippen LogP contribution in [0.15, 0.2) is 29.3 Å². The van der Waals surface area contributed by atoms with Crippen LogP contribution in [0.5, 0.6) is 10.8 Å². The molecule has 1 aromatic heterocycles. The van der Waals surface area contributed by atoms with Crippen LogP contribution in [-0.2, 0) is 4.79 Å². The van der Waals surface area contributed by atoms with Gasteiger partial charge in [-0.25, -0.2) is 4.99 Å². The zero-order valence-electron chi connectivity index (χ0n) is 17.1. The minimum Gasteiger partial charge on any atom is -0.481 e. The molecule has 4 rings (SSSR count). The zero-order valence-corrected chi connectivity index (χ0v) is 19.5. The first-order chi connectivity index (χ1) is 13.7. The van der Waals surface area contributed by atoms with Crippen LogP contribution in [0.1, 0.15) is 25.0 Å². The first kappa shape index (κ1) is 22.9. The summed E-state index contributed by atoms with van der Waals surface area (Å²) in [6.07, 6.45) is 0. The fraction of sp³-hybridized carbons (Fsp3) is 0.429. The van der Waals surface area contributed by atoms with E-state index in [4.69, 9.17) is 21.3 Å². The molecule has 3 heterocycles. The molecule has 0 aliphatic carbocycles. The molecule has 2 aliphatic heterocycles. The summed E-state index contributed by atoms with van der Waals surface area (Å²) in [5.41, 5.74) is 2.06. The van der Waals surface area contributed by atoms with Gasteiger partial charge in [0.2, 0.25) is 0 Å². The second-order valence-electron chi connectivity index (χ2n) is 8.21. The van der Waals surface area contributed by atoms with E-state index >= 15 is 0 Å². The number of nitrogens with zero attached hydrogens (tertiary/aromatic N) is 3. The van der Waals surface area contributed by atoms with Gasteiger partial charge in [0.25, 0.3) is 0 Å². The maximum Gasteiger partial charge on any atom is 0.310 e. The number of hydrogen-bond acceptors (Lipinski definition) is 6. The van der Waals surface area contributed by atoms with E-state index in [1.807, 2.05) is 31.2 Å². The number of thiophene rings is 1. The topological polar surface area (TPSA) is 65.4 Å². The maximum absolute atomic E-state index is 11.4. The summed E-state index contributed by atoms with van der Waals surface area (Å²) in [6.45, 7) is 9.20. The maximum atomic E-state index is 11.4. The Labute approximate surface area is 191 Å². The van der Waals surface area contributed by atoms with Crippen molar-refractivity contribution in [3.05, 3.63) is 39.7 Å². The number of halogens is 2. The van der Waals surface area contributed by atoms with Crippen molar-refractivity contribution in [2.24, 2.45) is 10.4 Å². The predicted octanol–water partition coefficient (Wildman–Crippen LogP) is 5.04. The minimum absolute atomic E-state index is 0. The lowest BCUT2D eigenvalue weighted by Gasteiger charge is -2.38. The van der Waals surface area contributed by atoms with Gasteiger partial charge in [-0.05, 0) is 44.5 Å². The Hall–Kier alpha value is -1.80. The molecule has 9 heteroatoms. The van der Waals surface area contributed by atoms with Crippen molar-refractivity contribution in [3.8, 4) is 10.8 Å². The van der Waals surface area contributed by atoms with Crippen molar-refractivity contribution in [3.63, 3.8) is 0 Å². The Morgan fingerprint density at radius 1 is 1.27 bits per heavy atom. The van der Waals surface area contributed by atoms with Gasteiger partial charge in [0.05, 0.1) is 15.3 Å². The number of carboxylic acid groups (broad SMARTS) is 1. The molecule has 30 heavy (non-hydrogen) atoms. The molecule has 0 atom stereocenters. The van der Waals surface area contributed by atoms with Crippen molar-refractivity contribution in [2.45, 2.75) is 20.8 Å². The summed E-state index contributed by atoms with van der Waals surface area (Å²) in [4.78, 5) is 20.8. The van der Waals surface area contributed by atoms with Gasteiger partial charge in [0, 0.05) is 32.7 Å². The molecule has 0 radical (unpaired) electrons. The van der Waals surface area contributed by atoms with Crippen molar-refractivity contribution in [2.75, 3.05) is 32.7 Å². The lowest BCUT2D eigenvalue weighted by Crippen LogP contribution is -2.51. The standard InChI is InChI=1S/C21H24ClN3O3S.ClH/c1-13-4-5-15-16(10-13)28-19-14(11-17(22)29-19)18(23-15)25-8-6-24(7-9-25)12-21(2,3)20(26)27;/h4-5,10-11H,6-9,12H2,1-3H3,(H,26,27);1H. The van der Waals surface area contributed by atoms with Crippen molar-refractivity contribution < 1.29 is 14.6 Å². The third-order valence-corrected chi connectivity index (χ3v) is 6.46. The second kappa shape index (κ2) is 8.75. The van der Waals surface area contributed by atoms with Crippen LogP contribution in [0.3, 0.4) is 0 Å². The number of piperazine rings is 1. The first-order valence-electron chi connectivity index (χ1n) is 9.60. The zero-order chi connectivity index (χ0) is 20.8. The van der Waals surface area contributed by atoms with Gasteiger partial charge in [-0.2, -0.15) is 0 Å². The minimum atomic E-state index is -0.769. The molecule has 2 aromatic rings. The van der Waals surface area contributed by atoms with Crippen LogP contribution >= 0.6 is 35.3 Å². The Morgan fingerprint density at radius 2 is 1.97 bits per heavy atom. The lowest BCUT2D eigenvalue weighted by atomic mass is 9.93. The lowest BCUT2D eigenvalue weighted by molar-refractivity contribution is -0.148. The highest BCUT2D eigenvalue weighted by molar-refractivity contribution is 7.18. The summed E-state index contributed by atoms with van der Waals surface area (Å²) in [6, 6.07) is 7.92. The Balaban J connectivity index is 0.00000256. The third-order valence-electron chi connectivity index (χ3n) is 5.32. The number of rotatable bonds is 3. The van der Waals surface area contributed by atoms with Crippen LogP contribution in [0.4, 0.5) is 5.69 Å². The highest BCUT2D eigenvalue weighted by atomic mass is 35.5. The van der Waals surface area contributed by atoms with Gasteiger partial charge in [0.1, 0.15) is 11.5 Å². The normalized spacial score (nSPS) is 16.5. The van der Waals surface area contributed by atoms with Crippen LogP contribution in [0, 0.1) is 12.3 Å². The molecular weight excluding hydrogens is 445 g/mol. The summed E-state index contributed by atoms with van der Waals surface area (Å²) >= 11 is 7.71. The van der Waals surface area contributed by atoms with Gasteiger partial charge < -0.3 is 14.7 Å². The Bertz CT molecular complexity index is 982. The summed E-state index contributed by atoms with van der Waals surface area (Å²) in [7, 11) is 0. The smallest absolute Gasteiger partial charge is 0.310 e. The van der Waals surface area contributed by atoms with Crippen LogP contribution < -0.4 is 4.74 Å². The number of fused-ring (bicyclic) bond motifs is 2. The molecule has 6 nitrogen and oxygen atoms in total. The number of aryl methyl sites for hydroxylation is 1. The summed E-state index contributed by atoms with van der Waals surface area (Å²) in [5.74, 6) is 0.833. The number of ether oxygens (including phenoxy) is 1. The van der Waals surface area contributed by atoms with Crippen molar-refractivity contribution in [1.29, 1.82) is 0 Å². The van der Waals surface area contributed by atoms with Gasteiger partial charge >= 0.3 is 5.97 Å². The van der Waals surface area contributed by atoms with Crippen molar-refractivity contribution in [1.82, 2.24) is 9.80 Å². The highest BCUT2D eigenvalue weighted by Gasteiger charge is 2.33. The molecular formula is C21H25Cl2N3O3S. The molecule has 0 spiro atoms. The fourth-order valence-electron chi connectivity index (χ4n) is 3.63. The largest absolute Gasteiger partial charge is 0.481 e. The molecule has 0 amide bonds. The Kier molecular flexibility index (Phi) is 6.67. The van der Waals surface area contributed by atoms with E-state index in [1.165, 1.54) is 11.3 Å². The summed E-state index contributed by atoms with van der Waals surface area (Å²) in [5, 5.41) is 10.2. The van der Waals surface area contributed by atoms with Gasteiger partial charge in [-0.15, -0.1) is 12.4 Å². The molecule has 0 bridgehead atoms. The van der Waals surface area contributed by atoms with Gasteiger partial charge in [0.15, 0.2) is 10.8 Å². The number of hydrogen-bond donors (Lipinski definition) is 1. The van der Waals surface area contributed by atoms with Crippen LogP contribution in [0.25, 0.3) is 0 Å². The average Bonchev–Trinajstić information content (AvgIpc) is 2.94. The molecule has 1 aromatic carbocycles. The first-order valence-corrected chi connectivity index (χ1v) is 10.8. The van der Waals surface area contributed by atoms with E-state index in [-0.39, 0.29) is 12.4 Å². The van der Waals surface area contributed by atoms with E-state index in [2.05, 4.69) is 9.80 Å². The second-order valence-corrected chi connectivity index (χ2v) is 9.86.